The van der Waals surface area contributed by atoms with Gasteiger partial charge in [-0.2, -0.15) is 0 Å². The van der Waals surface area contributed by atoms with Gasteiger partial charge in [-0.15, -0.1) is 0 Å². The fraction of sp³-hybridized carbons (Fsp3) is 0.560. The first-order valence-electron chi connectivity index (χ1n) is 11.0. The van der Waals surface area contributed by atoms with Crippen LogP contribution in [0.1, 0.15) is 67.8 Å². The maximum Gasteiger partial charge on any atom is 0.335 e. The second-order valence-corrected chi connectivity index (χ2v) is 8.65. The third-order valence-electron chi connectivity index (χ3n) is 6.57. The molecule has 1 aromatic rings. The Morgan fingerprint density at radius 3 is 2.79 bits per heavy atom. The van der Waals surface area contributed by atoms with Crippen molar-refractivity contribution in [2.45, 2.75) is 70.5 Å². The van der Waals surface area contributed by atoms with Gasteiger partial charge in [-0.3, -0.25) is 0 Å². The standard InChI is InChI=1S/C25H34O4/c1-2-3-4-8-20(26)12-13-22-23-15-17(14-19(23)16-24(22)27)10-11-18-7-5-6-9-21(18)25(28)29/h5-7,9,12-14,19-20,22-24,26-27H,2-4,8,10-11,15-16H2,1H3,(H,28,29)/b13-12+/t19-,20-,22-,23-,24+/m0/s1. The summed E-state index contributed by atoms with van der Waals surface area (Å²) in [6.07, 6.45) is 12.9. The predicted octanol–water partition coefficient (Wildman–Crippen LogP) is 4.76. The Kier molecular flexibility index (Phi) is 7.68. The number of hydrogen-bond donors (Lipinski definition) is 3. The average Bonchev–Trinajstić information content (AvgIpc) is 3.21. The van der Waals surface area contributed by atoms with Gasteiger partial charge in [0.15, 0.2) is 0 Å². The number of carbonyl (C=O) groups is 1. The van der Waals surface area contributed by atoms with Gasteiger partial charge in [0.05, 0.1) is 17.8 Å². The molecule has 3 N–H and O–H groups in total. The van der Waals surface area contributed by atoms with E-state index < -0.39 is 12.1 Å². The van der Waals surface area contributed by atoms with E-state index in [1.54, 1.807) is 12.1 Å². The van der Waals surface area contributed by atoms with Crippen molar-refractivity contribution in [2.75, 3.05) is 0 Å². The molecule has 2 aliphatic rings. The molecule has 5 atom stereocenters. The van der Waals surface area contributed by atoms with Gasteiger partial charge in [-0.1, -0.05) is 68.2 Å². The molecule has 0 heterocycles. The van der Waals surface area contributed by atoms with Crippen LogP contribution in [0.15, 0.2) is 48.1 Å². The molecule has 0 aromatic heterocycles. The second-order valence-electron chi connectivity index (χ2n) is 8.65. The molecule has 0 saturated heterocycles. The van der Waals surface area contributed by atoms with Crippen molar-refractivity contribution in [3.8, 4) is 0 Å². The van der Waals surface area contributed by atoms with Crippen LogP contribution in [-0.2, 0) is 6.42 Å². The quantitative estimate of drug-likeness (QED) is 0.392. The highest BCUT2D eigenvalue weighted by atomic mass is 16.4. The van der Waals surface area contributed by atoms with Crippen molar-refractivity contribution in [2.24, 2.45) is 17.8 Å². The van der Waals surface area contributed by atoms with E-state index in [1.165, 1.54) is 5.57 Å². The Hall–Kier alpha value is -1.91. The van der Waals surface area contributed by atoms with E-state index in [0.717, 1.165) is 56.9 Å². The Bertz CT molecular complexity index is 751. The molecule has 0 bridgehead atoms. The molecule has 1 saturated carbocycles. The highest BCUT2D eigenvalue weighted by molar-refractivity contribution is 5.89. The monoisotopic (exact) mass is 398 g/mol. The second kappa shape index (κ2) is 10.2. The fourth-order valence-electron chi connectivity index (χ4n) is 4.99. The van der Waals surface area contributed by atoms with E-state index in [-0.39, 0.29) is 12.0 Å². The topological polar surface area (TPSA) is 77.8 Å². The van der Waals surface area contributed by atoms with E-state index in [2.05, 4.69) is 13.0 Å². The average molecular weight is 399 g/mol. The van der Waals surface area contributed by atoms with Gasteiger partial charge in [0.1, 0.15) is 0 Å². The zero-order valence-corrected chi connectivity index (χ0v) is 17.3. The number of rotatable bonds is 10. The van der Waals surface area contributed by atoms with Crippen LogP contribution in [0.2, 0.25) is 0 Å². The summed E-state index contributed by atoms with van der Waals surface area (Å²) in [7, 11) is 0. The highest BCUT2D eigenvalue weighted by Crippen LogP contribution is 2.48. The van der Waals surface area contributed by atoms with Gasteiger partial charge >= 0.3 is 5.97 Å². The molecule has 3 rings (SSSR count). The fourth-order valence-corrected chi connectivity index (χ4v) is 4.99. The molecular formula is C25H34O4. The van der Waals surface area contributed by atoms with Crippen molar-refractivity contribution in [1.82, 2.24) is 0 Å². The smallest absolute Gasteiger partial charge is 0.335 e. The number of hydrogen-bond acceptors (Lipinski definition) is 3. The molecule has 1 fully saturated rings. The van der Waals surface area contributed by atoms with E-state index in [0.29, 0.717) is 17.4 Å². The van der Waals surface area contributed by atoms with Gasteiger partial charge in [-0.25, -0.2) is 4.79 Å². The Labute approximate surface area is 174 Å². The minimum atomic E-state index is -0.872. The normalized spacial score (nSPS) is 27.2. The SMILES string of the molecule is CCCCC[C@H](O)/C=C/[C@H]1[C@H]2CC(CCc3ccccc3C(=O)O)=C[C@H]2C[C@H]1O. The van der Waals surface area contributed by atoms with Crippen molar-refractivity contribution in [3.05, 3.63) is 59.2 Å². The maximum atomic E-state index is 11.4. The maximum absolute atomic E-state index is 11.4. The zero-order chi connectivity index (χ0) is 20.8. The minimum Gasteiger partial charge on any atom is -0.478 e. The summed E-state index contributed by atoms with van der Waals surface area (Å²) in [5.74, 6) is 0.0139. The number of unbranched alkanes of at least 4 members (excludes halogenated alkanes) is 2. The molecular weight excluding hydrogens is 364 g/mol. The number of aryl methyl sites for hydroxylation is 1. The van der Waals surface area contributed by atoms with Crippen LogP contribution >= 0.6 is 0 Å². The van der Waals surface area contributed by atoms with Gasteiger partial charge in [0, 0.05) is 5.92 Å². The number of aromatic carboxylic acids is 1. The highest BCUT2D eigenvalue weighted by Gasteiger charge is 2.43. The molecule has 4 nitrogen and oxygen atoms in total. The Morgan fingerprint density at radius 1 is 1.24 bits per heavy atom. The molecule has 2 aliphatic carbocycles. The van der Waals surface area contributed by atoms with Crippen molar-refractivity contribution < 1.29 is 20.1 Å². The molecule has 158 valence electrons. The van der Waals surface area contributed by atoms with E-state index in [1.807, 2.05) is 24.3 Å². The first-order valence-corrected chi connectivity index (χ1v) is 11.0. The molecule has 4 heteroatoms. The summed E-state index contributed by atoms with van der Waals surface area (Å²) in [5, 5.41) is 30.0. The van der Waals surface area contributed by atoms with E-state index in [4.69, 9.17) is 0 Å². The lowest BCUT2D eigenvalue weighted by Crippen LogP contribution is -2.18. The molecule has 29 heavy (non-hydrogen) atoms. The Morgan fingerprint density at radius 2 is 2.03 bits per heavy atom. The van der Waals surface area contributed by atoms with Crippen molar-refractivity contribution in [1.29, 1.82) is 0 Å². The lowest BCUT2D eigenvalue weighted by Gasteiger charge is -2.19. The number of carboxylic acid groups (broad SMARTS) is 1. The number of carboxylic acids is 1. The summed E-state index contributed by atoms with van der Waals surface area (Å²) in [6, 6.07) is 7.22. The number of benzene rings is 1. The van der Waals surface area contributed by atoms with Crippen molar-refractivity contribution in [3.63, 3.8) is 0 Å². The Balaban J connectivity index is 1.55. The lowest BCUT2D eigenvalue weighted by molar-refractivity contribution is 0.0695. The number of aliphatic hydroxyl groups is 2. The number of allylic oxidation sites excluding steroid dienone is 2. The molecule has 0 radical (unpaired) electrons. The third-order valence-corrected chi connectivity index (χ3v) is 6.57. The van der Waals surface area contributed by atoms with Crippen LogP contribution in [0.4, 0.5) is 0 Å². The number of aliphatic hydroxyl groups excluding tert-OH is 2. The summed E-state index contributed by atoms with van der Waals surface area (Å²) in [6.45, 7) is 2.15. The molecule has 0 spiro atoms. The largest absolute Gasteiger partial charge is 0.478 e. The minimum absolute atomic E-state index is 0.0980. The summed E-state index contributed by atoms with van der Waals surface area (Å²) >= 11 is 0. The van der Waals surface area contributed by atoms with Gasteiger partial charge < -0.3 is 15.3 Å². The molecule has 0 amide bonds. The summed E-state index contributed by atoms with van der Waals surface area (Å²) in [5.41, 5.74) is 2.64. The first kappa shape index (κ1) is 21.8. The summed E-state index contributed by atoms with van der Waals surface area (Å²) in [4.78, 5) is 11.4. The predicted molar refractivity (Wildman–Crippen MR) is 115 cm³/mol. The van der Waals surface area contributed by atoms with Crippen molar-refractivity contribution >= 4 is 5.97 Å². The van der Waals surface area contributed by atoms with Crippen LogP contribution in [0.5, 0.6) is 0 Å². The van der Waals surface area contributed by atoms with Gasteiger partial charge in [0.2, 0.25) is 0 Å². The molecule has 0 aliphatic heterocycles. The first-order chi connectivity index (χ1) is 14.0. The van der Waals surface area contributed by atoms with Crippen LogP contribution in [0.3, 0.4) is 0 Å². The molecule has 0 unspecified atom stereocenters. The van der Waals surface area contributed by atoms with E-state index >= 15 is 0 Å². The lowest BCUT2D eigenvalue weighted by atomic mass is 9.88. The van der Waals surface area contributed by atoms with Gasteiger partial charge in [0.25, 0.3) is 0 Å². The number of fused-ring (bicyclic) bond motifs is 1. The zero-order valence-electron chi connectivity index (χ0n) is 17.3. The van der Waals surface area contributed by atoms with Gasteiger partial charge in [-0.05, 0) is 55.6 Å². The van der Waals surface area contributed by atoms with Crippen LogP contribution in [0, 0.1) is 17.8 Å². The van der Waals surface area contributed by atoms with E-state index in [9.17, 15) is 20.1 Å². The molecule has 1 aromatic carbocycles. The van der Waals surface area contributed by atoms with Crippen LogP contribution < -0.4 is 0 Å². The third kappa shape index (κ3) is 5.58. The van der Waals surface area contributed by atoms with Crippen LogP contribution in [0.25, 0.3) is 0 Å². The summed E-state index contributed by atoms with van der Waals surface area (Å²) < 4.78 is 0. The van der Waals surface area contributed by atoms with Crippen LogP contribution in [-0.4, -0.2) is 33.5 Å².